The first-order valence-corrected chi connectivity index (χ1v) is 7.11. The van der Waals surface area contributed by atoms with Crippen LogP contribution in [0, 0.1) is 12.3 Å². The van der Waals surface area contributed by atoms with Crippen molar-refractivity contribution in [2.45, 2.75) is 64.4 Å². The first kappa shape index (κ1) is 18.2. The lowest BCUT2D eigenvalue weighted by molar-refractivity contribution is -0.149. The smallest absolute Gasteiger partial charge is 0.332 e. The second-order valence-electron chi connectivity index (χ2n) is 4.75. The number of esters is 1. The Hall–Kier alpha value is -1.76. The molecule has 1 atom stereocenters. The number of unbranched alkanes of at least 4 members (excludes halogenated alkanes) is 4. The fourth-order valence-electron chi connectivity index (χ4n) is 1.88. The van der Waals surface area contributed by atoms with E-state index in [1.54, 1.807) is 0 Å². The van der Waals surface area contributed by atoms with Gasteiger partial charge in [-0.25, -0.2) is 9.59 Å². The largest absolute Gasteiger partial charge is 0.478 e. The number of carboxylic acids is 1. The maximum Gasteiger partial charge on any atom is 0.332 e. The third-order valence-electron chi connectivity index (χ3n) is 3.18. The van der Waals surface area contributed by atoms with E-state index in [1.807, 2.05) is 6.92 Å². The fraction of sp³-hybridized carbons (Fsp3) is 0.625. The van der Waals surface area contributed by atoms with Crippen LogP contribution in [-0.4, -0.2) is 22.6 Å². The van der Waals surface area contributed by atoms with Gasteiger partial charge in [-0.15, -0.1) is 6.42 Å². The average molecular weight is 280 g/mol. The molecule has 0 spiro atoms. The van der Waals surface area contributed by atoms with E-state index in [2.05, 4.69) is 12.8 Å². The second-order valence-corrected chi connectivity index (χ2v) is 4.75. The molecule has 112 valence electrons. The van der Waals surface area contributed by atoms with Gasteiger partial charge in [0, 0.05) is 12.2 Å². The van der Waals surface area contributed by atoms with E-state index < -0.39 is 17.5 Å². The molecule has 0 aliphatic carbocycles. The zero-order valence-electron chi connectivity index (χ0n) is 12.4. The van der Waals surface area contributed by atoms with E-state index in [0.717, 1.165) is 31.4 Å². The van der Waals surface area contributed by atoms with Gasteiger partial charge in [0.15, 0.2) is 5.60 Å². The number of ether oxygens (including phenoxy) is 1. The Balaban J connectivity index is 4.41. The van der Waals surface area contributed by atoms with E-state index in [1.165, 1.54) is 12.8 Å². The summed E-state index contributed by atoms with van der Waals surface area (Å²) in [6.45, 7) is 4.01. The zero-order valence-corrected chi connectivity index (χ0v) is 12.4. The number of terminal acetylenes is 1. The third kappa shape index (κ3) is 7.63. The highest BCUT2D eigenvalue weighted by molar-refractivity contribution is 5.91. The first-order valence-electron chi connectivity index (χ1n) is 7.11. The highest BCUT2D eigenvalue weighted by Gasteiger charge is 2.28. The molecule has 20 heavy (non-hydrogen) atoms. The fourth-order valence-corrected chi connectivity index (χ4v) is 1.88. The van der Waals surface area contributed by atoms with Gasteiger partial charge in [0.1, 0.15) is 0 Å². The number of carboxylic acid groups (broad SMARTS) is 1. The lowest BCUT2D eigenvalue weighted by Gasteiger charge is -2.26. The van der Waals surface area contributed by atoms with Crippen molar-refractivity contribution in [2.24, 2.45) is 0 Å². The normalized spacial score (nSPS) is 13.7. The standard InChI is InChI=1S/C16H24O4/c1-4-7-8-9-10-13-16(5-2,6-3)20-15(19)12-11-14(17)18/h2,11-12H,4,6-10,13H2,1,3H3,(H,17,18)/b12-11-. The van der Waals surface area contributed by atoms with Crippen LogP contribution in [0.25, 0.3) is 0 Å². The summed E-state index contributed by atoms with van der Waals surface area (Å²) in [4.78, 5) is 21.9. The van der Waals surface area contributed by atoms with Crippen molar-refractivity contribution in [1.29, 1.82) is 0 Å². The molecule has 0 saturated heterocycles. The van der Waals surface area contributed by atoms with Crippen molar-refractivity contribution in [2.75, 3.05) is 0 Å². The van der Waals surface area contributed by atoms with Crippen LogP contribution in [0.2, 0.25) is 0 Å². The zero-order chi connectivity index (χ0) is 15.4. The lowest BCUT2D eigenvalue weighted by atomic mass is 9.93. The Bertz CT molecular complexity index is 378. The molecule has 0 amide bonds. The summed E-state index contributed by atoms with van der Waals surface area (Å²) >= 11 is 0. The highest BCUT2D eigenvalue weighted by atomic mass is 16.6. The van der Waals surface area contributed by atoms with Gasteiger partial charge in [0.25, 0.3) is 0 Å². The number of aliphatic carboxylic acids is 1. The van der Waals surface area contributed by atoms with Crippen LogP contribution in [0.5, 0.6) is 0 Å². The summed E-state index contributed by atoms with van der Waals surface area (Å²) in [6.07, 6.45) is 13.7. The topological polar surface area (TPSA) is 63.6 Å². The number of rotatable bonds is 10. The molecule has 0 aliphatic rings. The summed E-state index contributed by atoms with van der Waals surface area (Å²) in [5.41, 5.74) is -0.924. The van der Waals surface area contributed by atoms with Crippen LogP contribution in [-0.2, 0) is 14.3 Å². The van der Waals surface area contributed by atoms with Gasteiger partial charge in [-0.2, -0.15) is 0 Å². The van der Waals surface area contributed by atoms with Gasteiger partial charge in [-0.05, 0) is 19.3 Å². The predicted molar refractivity (Wildman–Crippen MR) is 78.1 cm³/mol. The van der Waals surface area contributed by atoms with E-state index in [0.29, 0.717) is 12.8 Å². The highest BCUT2D eigenvalue weighted by Crippen LogP contribution is 2.24. The van der Waals surface area contributed by atoms with E-state index in [4.69, 9.17) is 16.3 Å². The molecule has 4 heteroatoms. The van der Waals surface area contributed by atoms with Crippen molar-refractivity contribution in [1.82, 2.24) is 0 Å². The van der Waals surface area contributed by atoms with Crippen molar-refractivity contribution in [3.63, 3.8) is 0 Å². The number of hydrogen-bond acceptors (Lipinski definition) is 3. The number of carbonyl (C=O) groups excluding carboxylic acids is 1. The Labute approximate surface area is 121 Å². The molecule has 0 fully saturated rings. The molecule has 4 nitrogen and oxygen atoms in total. The molecule has 0 radical (unpaired) electrons. The molecule has 1 N–H and O–H groups in total. The summed E-state index contributed by atoms with van der Waals surface area (Å²) in [5.74, 6) is 0.652. The van der Waals surface area contributed by atoms with Crippen LogP contribution in [0.3, 0.4) is 0 Å². The average Bonchev–Trinajstić information content (AvgIpc) is 2.43. The van der Waals surface area contributed by atoms with Gasteiger partial charge in [-0.3, -0.25) is 0 Å². The van der Waals surface area contributed by atoms with Crippen LogP contribution >= 0.6 is 0 Å². The predicted octanol–water partition coefficient (Wildman–Crippen LogP) is 3.31. The van der Waals surface area contributed by atoms with E-state index in [9.17, 15) is 9.59 Å². The Morgan fingerprint density at radius 2 is 1.85 bits per heavy atom. The molecular weight excluding hydrogens is 256 g/mol. The molecule has 1 unspecified atom stereocenters. The van der Waals surface area contributed by atoms with Gasteiger partial charge in [-0.1, -0.05) is 45.5 Å². The number of carbonyl (C=O) groups is 2. The minimum atomic E-state index is -1.19. The molecule has 0 aliphatic heterocycles. The van der Waals surface area contributed by atoms with Gasteiger partial charge in [0.05, 0.1) is 0 Å². The molecule has 0 aromatic carbocycles. The van der Waals surface area contributed by atoms with Gasteiger partial charge < -0.3 is 9.84 Å². The van der Waals surface area contributed by atoms with Crippen molar-refractivity contribution < 1.29 is 19.4 Å². The molecule has 0 heterocycles. The van der Waals surface area contributed by atoms with E-state index >= 15 is 0 Å². The van der Waals surface area contributed by atoms with Crippen molar-refractivity contribution in [3.8, 4) is 12.3 Å². The quantitative estimate of drug-likeness (QED) is 0.288. The van der Waals surface area contributed by atoms with Crippen LogP contribution in [0.4, 0.5) is 0 Å². The number of hydrogen-bond donors (Lipinski definition) is 1. The maximum atomic E-state index is 11.5. The van der Waals surface area contributed by atoms with Crippen LogP contribution < -0.4 is 0 Å². The minimum Gasteiger partial charge on any atom is -0.478 e. The van der Waals surface area contributed by atoms with Crippen LogP contribution in [0.1, 0.15) is 58.8 Å². The Morgan fingerprint density at radius 3 is 2.35 bits per heavy atom. The Kier molecular flexibility index (Phi) is 9.19. The second kappa shape index (κ2) is 10.1. The maximum absolute atomic E-state index is 11.5. The SMILES string of the molecule is C#CC(CC)(CCCCCCC)OC(=O)/C=C\C(=O)O. The van der Waals surface area contributed by atoms with E-state index in [-0.39, 0.29) is 0 Å². The third-order valence-corrected chi connectivity index (χ3v) is 3.18. The first-order chi connectivity index (χ1) is 9.49. The molecule has 0 aromatic rings. The molecule has 0 bridgehead atoms. The molecule has 0 aromatic heterocycles. The summed E-state index contributed by atoms with van der Waals surface area (Å²) in [6, 6.07) is 0. The van der Waals surface area contributed by atoms with Gasteiger partial charge >= 0.3 is 11.9 Å². The van der Waals surface area contributed by atoms with Gasteiger partial charge in [0.2, 0.25) is 0 Å². The lowest BCUT2D eigenvalue weighted by Crippen LogP contribution is -2.32. The summed E-state index contributed by atoms with van der Waals surface area (Å²) in [7, 11) is 0. The summed E-state index contributed by atoms with van der Waals surface area (Å²) < 4.78 is 5.27. The van der Waals surface area contributed by atoms with Crippen molar-refractivity contribution in [3.05, 3.63) is 12.2 Å². The minimum absolute atomic E-state index is 0.518. The Morgan fingerprint density at radius 1 is 1.20 bits per heavy atom. The molecule has 0 rings (SSSR count). The monoisotopic (exact) mass is 280 g/mol. The summed E-state index contributed by atoms with van der Waals surface area (Å²) in [5, 5.41) is 8.46. The van der Waals surface area contributed by atoms with Crippen LogP contribution in [0.15, 0.2) is 12.2 Å². The molecule has 0 saturated carbocycles. The van der Waals surface area contributed by atoms with Crippen molar-refractivity contribution >= 4 is 11.9 Å². The molecular formula is C16H24O4.